The van der Waals surface area contributed by atoms with Crippen LogP contribution >= 0.6 is 0 Å². The minimum Gasteiger partial charge on any atom is -0.356 e. The van der Waals surface area contributed by atoms with Crippen molar-refractivity contribution in [2.75, 3.05) is 10.2 Å². The second kappa shape index (κ2) is 10.1. The average molecular weight is 529 g/mol. The number of rotatable bonds is 6. The van der Waals surface area contributed by atoms with Crippen molar-refractivity contribution in [2.45, 2.75) is 19.3 Å². The fourth-order valence-corrected chi connectivity index (χ4v) is 6.10. The van der Waals surface area contributed by atoms with Crippen molar-refractivity contribution >= 4 is 28.4 Å². The third-order valence-electron chi connectivity index (χ3n) is 8.24. The van der Waals surface area contributed by atoms with E-state index in [1.54, 1.807) is 0 Å². The molecule has 2 heteroatoms. The van der Waals surface area contributed by atoms with E-state index in [-0.39, 0.29) is 5.41 Å². The highest BCUT2D eigenvalue weighted by molar-refractivity contribution is 5.83. The number of hydrogen-bond donors (Lipinski definition) is 1. The fraction of sp³-hybridized carbons (Fsp3) is 0.0769. The van der Waals surface area contributed by atoms with Gasteiger partial charge in [0.2, 0.25) is 0 Å². The molecule has 0 saturated heterocycles. The Hall–Kier alpha value is -5.08. The lowest BCUT2D eigenvalue weighted by atomic mass is 9.82. The first-order valence-corrected chi connectivity index (χ1v) is 14.2. The summed E-state index contributed by atoms with van der Waals surface area (Å²) in [4.78, 5) is 2.30. The predicted molar refractivity (Wildman–Crippen MR) is 174 cm³/mol. The van der Waals surface area contributed by atoms with Crippen molar-refractivity contribution < 1.29 is 0 Å². The van der Waals surface area contributed by atoms with Crippen molar-refractivity contribution in [1.29, 1.82) is 0 Å². The Balaban J connectivity index is 1.17. The topological polar surface area (TPSA) is 15.3 Å². The third kappa shape index (κ3) is 4.58. The first-order chi connectivity index (χ1) is 20.1. The van der Waals surface area contributed by atoms with Gasteiger partial charge in [-0.25, -0.2) is 0 Å². The van der Waals surface area contributed by atoms with Crippen molar-refractivity contribution in [2.24, 2.45) is 0 Å². The Morgan fingerprint density at radius 3 is 1.66 bits per heavy atom. The van der Waals surface area contributed by atoms with E-state index >= 15 is 0 Å². The van der Waals surface area contributed by atoms with Gasteiger partial charge in [-0.05, 0) is 94.0 Å². The Morgan fingerprint density at radius 2 is 0.951 bits per heavy atom. The molecule has 0 fully saturated rings. The van der Waals surface area contributed by atoms with Crippen LogP contribution in [0.4, 0.5) is 28.4 Å². The Kier molecular flexibility index (Phi) is 6.17. The molecule has 7 rings (SSSR count). The molecule has 0 amide bonds. The third-order valence-corrected chi connectivity index (χ3v) is 8.24. The molecule has 2 nitrogen and oxygen atoms in total. The number of para-hydroxylation sites is 1. The van der Waals surface area contributed by atoms with Crippen molar-refractivity contribution in [3.05, 3.63) is 163 Å². The van der Waals surface area contributed by atoms with Crippen LogP contribution in [0.2, 0.25) is 0 Å². The zero-order valence-electron chi connectivity index (χ0n) is 23.4. The predicted octanol–water partition coefficient (Wildman–Crippen LogP) is 10.9. The van der Waals surface area contributed by atoms with Gasteiger partial charge in [0.05, 0.1) is 0 Å². The van der Waals surface area contributed by atoms with Crippen LogP contribution in [-0.2, 0) is 5.41 Å². The Morgan fingerprint density at radius 1 is 0.439 bits per heavy atom. The summed E-state index contributed by atoms with van der Waals surface area (Å²) in [5.74, 6) is 0. The molecular formula is C39H32N2. The van der Waals surface area contributed by atoms with Crippen LogP contribution in [0, 0.1) is 0 Å². The molecule has 6 aromatic rings. The molecule has 0 spiro atoms. The second-order valence-electron chi connectivity index (χ2n) is 11.2. The lowest BCUT2D eigenvalue weighted by molar-refractivity contribution is 0.660. The monoisotopic (exact) mass is 528 g/mol. The van der Waals surface area contributed by atoms with Crippen molar-refractivity contribution in [3.63, 3.8) is 0 Å². The number of nitrogens with zero attached hydrogens (tertiary/aromatic N) is 1. The zero-order chi connectivity index (χ0) is 27.8. The normalized spacial score (nSPS) is 12.8. The van der Waals surface area contributed by atoms with Crippen molar-refractivity contribution in [1.82, 2.24) is 0 Å². The van der Waals surface area contributed by atoms with Gasteiger partial charge in [0, 0.05) is 33.9 Å². The molecule has 1 N–H and O–H groups in total. The molecule has 0 saturated carbocycles. The first kappa shape index (κ1) is 24.9. The van der Waals surface area contributed by atoms with Crippen molar-refractivity contribution in [3.8, 4) is 22.3 Å². The number of fused-ring (bicyclic) bond motifs is 3. The highest BCUT2D eigenvalue weighted by Gasteiger charge is 2.35. The van der Waals surface area contributed by atoms with E-state index in [1.807, 2.05) is 0 Å². The minimum absolute atomic E-state index is 0.0142. The SMILES string of the molecule is CC1(C)c2ccccc2-c2ccc(Nc3ccc(N(c4ccccc4)c4ccc(-c5ccccc5)cc4)cc3)cc21. The molecule has 0 aromatic heterocycles. The molecule has 0 aliphatic heterocycles. The molecule has 198 valence electrons. The van der Waals surface area contributed by atoms with Gasteiger partial charge in [-0.3, -0.25) is 0 Å². The molecule has 0 unspecified atom stereocenters. The van der Waals surface area contributed by atoms with Gasteiger partial charge in [-0.2, -0.15) is 0 Å². The van der Waals surface area contributed by atoms with Gasteiger partial charge in [0.25, 0.3) is 0 Å². The summed E-state index contributed by atoms with van der Waals surface area (Å²) in [5.41, 5.74) is 13.4. The maximum absolute atomic E-state index is 3.65. The molecule has 41 heavy (non-hydrogen) atoms. The molecule has 0 bridgehead atoms. The summed E-state index contributed by atoms with van der Waals surface area (Å²) < 4.78 is 0. The van der Waals surface area contributed by atoms with Gasteiger partial charge in [-0.1, -0.05) is 105 Å². The van der Waals surface area contributed by atoms with E-state index in [4.69, 9.17) is 0 Å². The van der Waals surface area contributed by atoms with Gasteiger partial charge < -0.3 is 10.2 Å². The van der Waals surface area contributed by atoms with E-state index in [9.17, 15) is 0 Å². The number of anilines is 5. The van der Waals surface area contributed by atoms with Gasteiger partial charge in [-0.15, -0.1) is 0 Å². The highest BCUT2D eigenvalue weighted by atomic mass is 15.1. The Labute approximate surface area is 242 Å². The van der Waals surface area contributed by atoms with Crippen LogP contribution < -0.4 is 10.2 Å². The lowest BCUT2D eigenvalue weighted by Gasteiger charge is -2.26. The summed E-state index contributed by atoms with van der Waals surface area (Å²) >= 11 is 0. The molecule has 6 aromatic carbocycles. The smallest absolute Gasteiger partial charge is 0.0463 e. The average Bonchev–Trinajstić information content (AvgIpc) is 3.25. The second-order valence-corrected chi connectivity index (χ2v) is 11.2. The standard InChI is InChI=1S/C39H32N2/c1-39(2)37-16-10-9-15-35(37)36-26-21-31(27-38(36)39)40-30-19-24-34(25-20-30)41(32-13-7-4-8-14-32)33-22-17-29(18-23-33)28-11-5-3-6-12-28/h3-27,40H,1-2H3. The first-order valence-electron chi connectivity index (χ1n) is 14.2. The van der Waals surface area contributed by atoms with Gasteiger partial charge in [0.15, 0.2) is 0 Å². The molecule has 1 aliphatic carbocycles. The number of hydrogen-bond acceptors (Lipinski definition) is 2. The van der Waals surface area contributed by atoms with E-state index in [0.717, 1.165) is 28.4 Å². The summed E-state index contributed by atoms with van der Waals surface area (Å²) in [6.07, 6.45) is 0. The van der Waals surface area contributed by atoms with Crippen LogP contribution in [0.5, 0.6) is 0 Å². The van der Waals surface area contributed by atoms with Gasteiger partial charge in [0.1, 0.15) is 0 Å². The Bertz CT molecular complexity index is 1800. The van der Waals surface area contributed by atoms with Crippen LogP contribution in [0.1, 0.15) is 25.0 Å². The number of nitrogens with one attached hydrogen (secondary N) is 1. The summed E-state index contributed by atoms with van der Waals surface area (Å²) in [6, 6.07) is 54.1. The van der Waals surface area contributed by atoms with Crippen LogP contribution in [-0.4, -0.2) is 0 Å². The van der Waals surface area contributed by atoms with Crippen LogP contribution in [0.3, 0.4) is 0 Å². The van der Waals surface area contributed by atoms with E-state index < -0.39 is 0 Å². The summed E-state index contributed by atoms with van der Waals surface area (Å²) in [6.45, 7) is 4.64. The summed E-state index contributed by atoms with van der Waals surface area (Å²) in [5, 5.41) is 3.65. The lowest BCUT2D eigenvalue weighted by Crippen LogP contribution is -2.15. The zero-order valence-corrected chi connectivity index (χ0v) is 23.4. The van der Waals surface area contributed by atoms with Gasteiger partial charge >= 0.3 is 0 Å². The van der Waals surface area contributed by atoms with E-state index in [2.05, 4.69) is 176 Å². The van der Waals surface area contributed by atoms with E-state index in [1.165, 1.54) is 33.4 Å². The molecule has 0 heterocycles. The highest BCUT2D eigenvalue weighted by Crippen LogP contribution is 2.49. The molecule has 0 radical (unpaired) electrons. The maximum Gasteiger partial charge on any atom is 0.0463 e. The van der Waals surface area contributed by atoms with E-state index in [0.29, 0.717) is 0 Å². The quantitative estimate of drug-likeness (QED) is 0.231. The fourth-order valence-electron chi connectivity index (χ4n) is 6.10. The van der Waals surface area contributed by atoms with Crippen LogP contribution in [0.15, 0.2) is 152 Å². The van der Waals surface area contributed by atoms with Crippen LogP contribution in [0.25, 0.3) is 22.3 Å². The maximum atomic E-state index is 3.65. The minimum atomic E-state index is -0.0142. The molecular weight excluding hydrogens is 496 g/mol. The summed E-state index contributed by atoms with van der Waals surface area (Å²) in [7, 11) is 0. The molecule has 1 aliphatic rings. The largest absolute Gasteiger partial charge is 0.356 e. The number of benzene rings is 6. The molecule has 0 atom stereocenters.